The minimum absolute atomic E-state index is 0.0996. The van der Waals surface area contributed by atoms with Gasteiger partial charge in [0.1, 0.15) is 0 Å². The molecule has 1 heterocycles. The van der Waals surface area contributed by atoms with Gasteiger partial charge in [-0.05, 0) is 65.7 Å². The van der Waals surface area contributed by atoms with Crippen molar-refractivity contribution in [1.29, 1.82) is 0 Å². The molecule has 0 atom stereocenters. The molecule has 1 fully saturated rings. The van der Waals surface area contributed by atoms with Crippen LogP contribution in [0, 0.1) is 5.92 Å². The number of halogens is 3. The summed E-state index contributed by atoms with van der Waals surface area (Å²) in [6, 6.07) is 11.0. The molecule has 3 N–H and O–H groups in total. The molecule has 0 saturated heterocycles. The molecule has 4 rings (SSSR count). The van der Waals surface area contributed by atoms with Crippen LogP contribution in [0.15, 0.2) is 53.4 Å². The normalized spacial score (nSPS) is 14.8. The molecular formula is C24H26F3N3O2S. The summed E-state index contributed by atoms with van der Waals surface area (Å²) in [5.41, 5.74) is -1.67. The van der Waals surface area contributed by atoms with Gasteiger partial charge in [-0.2, -0.15) is 13.2 Å². The number of nitrogens with one attached hydrogen (secondary N) is 2. The number of rotatable bonds is 5. The van der Waals surface area contributed by atoms with E-state index in [0.717, 1.165) is 12.0 Å². The monoisotopic (exact) mass is 477 g/mol. The van der Waals surface area contributed by atoms with Gasteiger partial charge in [0.05, 0.1) is 11.0 Å². The van der Waals surface area contributed by atoms with E-state index >= 15 is 0 Å². The zero-order chi connectivity index (χ0) is 23.8. The Morgan fingerprint density at radius 3 is 2.42 bits per heavy atom. The van der Waals surface area contributed by atoms with Gasteiger partial charge in [-0.1, -0.05) is 45.1 Å². The second-order valence-electron chi connectivity index (χ2n) is 7.97. The number of hydrogen-bond acceptors (Lipinski definition) is 4. The fourth-order valence-corrected chi connectivity index (χ4v) is 4.08. The van der Waals surface area contributed by atoms with Crippen molar-refractivity contribution in [2.75, 3.05) is 5.32 Å². The molecule has 9 heteroatoms. The van der Waals surface area contributed by atoms with Crippen LogP contribution in [-0.2, 0) is 4.79 Å². The van der Waals surface area contributed by atoms with Crippen LogP contribution in [0.5, 0.6) is 0 Å². The first-order chi connectivity index (χ1) is 15.7. The minimum Gasteiger partial charge on any atom is -0.478 e. The lowest BCUT2D eigenvalue weighted by atomic mass is 9.91. The number of thioether (sulfide) groups is 1. The van der Waals surface area contributed by atoms with E-state index in [1.165, 1.54) is 62.4 Å². The summed E-state index contributed by atoms with van der Waals surface area (Å²) in [5.74, 6) is 0.425. The molecule has 1 aliphatic carbocycles. The van der Waals surface area contributed by atoms with Crippen molar-refractivity contribution in [2.45, 2.75) is 49.4 Å². The van der Waals surface area contributed by atoms with Crippen molar-refractivity contribution >= 4 is 46.5 Å². The highest BCUT2D eigenvalue weighted by atomic mass is 32.2. The van der Waals surface area contributed by atoms with Crippen molar-refractivity contribution in [3.63, 3.8) is 0 Å². The number of aromatic nitrogens is 2. The van der Waals surface area contributed by atoms with Crippen molar-refractivity contribution < 1.29 is 23.1 Å². The van der Waals surface area contributed by atoms with Crippen LogP contribution < -0.4 is 5.32 Å². The number of anilines is 2. The van der Waals surface area contributed by atoms with Gasteiger partial charge in [0.2, 0.25) is 5.95 Å². The van der Waals surface area contributed by atoms with Gasteiger partial charge in [0.15, 0.2) is 0 Å². The average molecular weight is 478 g/mol. The van der Waals surface area contributed by atoms with E-state index in [-0.39, 0.29) is 16.7 Å². The van der Waals surface area contributed by atoms with E-state index in [0.29, 0.717) is 28.2 Å². The van der Waals surface area contributed by atoms with Gasteiger partial charge in [-0.15, -0.1) is 0 Å². The first-order valence-electron chi connectivity index (χ1n) is 10.7. The predicted molar refractivity (Wildman–Crippen MR) is 127 cm³/mol. The van der Waals surface area contributed by atoms with Crippen LogP contribution in [0.2, 0.25) is 0 Å². The molecule has 0 radical (unpaired) electrons. The number of benzene rings is 2. The van der Waals surface area contributed by atoms with Gasteiger partial charge in [0, 0.05) is 16.7 Å². The Labute approximate surface area is 194 Å². The topological polar surface area (TPSA) is 78.0 Å². The number of carboxylic acids is 1. The number of imidazole rings is 1. The van der Waals surface area contributed by atoms with E-state index in [9.17, 15) is 18.0 Å². The Balaban J connectivity index is 0.000000374. The molecule has 176 valence electrons. The van der Waals surface area contributed by atoms with Crippen LogP contribution >= 0.6 is 11.8 Å². The third kappa shape index (κ3) is 8.49. The molecule has 2 aromatic carbocycles. The zero-order valence-electron chi connectivity index (χ0n) is 18.2. The third-order valence-electron chi connectivity index (χ3n) is 5.17. The summed E-state index contributed by atoms with van der Waals surface area (Å²) in [5, 5.41) is 11.6. The predicted octanol–water partition coefficient (Wildman–Crippen LogP) is 7.60. The van der Waals surface area contributed by atoms with Crippen molar-refractivity contribution in [3.05, 3.63) is 54.1 Å². The molecule has 1 saturated carbocycles. The number of nitrogens with zero attached hydrogens (tertiary/aromatic N) is 1. The molecule has 0 aliphatic heterocycles. The van der Waals surface area contributed by atoms with Gasteiger partial charge < -0.3 is 15.4 Å². The largest absolute Gasteiger partial charge is 0.478 e. The highest BCUT2D eigenvalue weighted by Crippen LogP contribution is 2.37. The van der Waals surface area contributed by atoms with Crippen molar-refractivity contribution in [2.24, 2.45) is 5.92 Å². The summed E-state index contributed by atoms with van der Waals surface area (Å²) in [7, 11) is 0. The SMILES string of the molecule is CC1CCCCC1.O=C(O)/C=C/c1ccc2nc(Nc3ccc(SC(F)(F)F)cc3)[nH]c2c1. The maximum atomic E-state index is 12.3. The van der Waals surface area contributed by atoms with Gasteiger partial charge in [-0.25, -0.2) is 9.78 Å². The van der Waals surface area contributed by atoms with Crippen molar-refractivity contribution in [1.82, 2.24) is 9.97 Å². The smallest absolute Gasteiger partial charge is 0.446 e. The summed E-state index contributed by atoms with van der Waals surface area (Å²) < 4.78 is 37.0. The van der Waals surface area contributed by atoms with E-state index in [4.69, 9.17) is 5.11 Å². The molecule has 5 nitrogen and oxygen atoms in total. The van der Waals surface area contributed by atoms with Crippen LogP contribution in [0.1, 0.15) is 44.6 Å². The Morgan fingerprint density at radius 2 is 1.85 bits per heavy atom. The summed E-state index contributed by atoms with van der Waals surface area (Å²) in [6.45, 7) is 2.36. The minimum atomic E-state index is -4.32. The van der Waals surface area contributed by atoms with Gasteiger partial charge >= 0.3 is 11.5 Å². The van der Waals surface area contributed by atoms with E-state index in [1.54, 1.807) is 18.2 Å². The maximum Gasteiger partial charge on any atom is 0.446 e. The number of alkyl halides is 3. The van der Waals surface area contributed by atoms with Gasteiger partial charge in [0.25, 0.3) is 0 Å². The average Bonchev–Trinajstić information content (AvgIpc) is 3.15. The maximum absolute atomic E-state index is 12.3. The Hall–Kier alpha value is -2.94. The second kappa shape index (κ2) is 11.3. The fourth-order valence-electron chi connectivity index (χ4n) is 3.54. The number of carbonyl (C=O) groups is 1. The van der Waals surface area contributed by atoms with Crippen LogP contribution in [-0.4, -0.2) is 26.6 Å². The molecule has 1 aliphatic rings. The number of H-pyrrole nitrogens is 1. The Morgan fingerprint density at radius 1 is 1.15 bits per heavy atom. The summed E-state index contributed by atoms with van der Waals surface area (Å²) in [6.07, 6.45) is 9.94. The third-order valence-corrected chi connectivity index (χ3v) is 5.91. The van der Waals surface area contributed by atoms with Crippen LogP contribution in [0.4, 0.5) is 24.8 Å². The molecule has 0 unspecified atom stereocenters. The standard InChI is InChI=1S/C17H12F3N3O2S.C7H14/c18-17(19,20)26-12-5-3-11(4-6-12)21-16-22-13-7-1-10(2-8-15(24)25)9-14(13)23-16;1-7-5-3-2-4-6-7/h1-9H,(H,24,25)(H2,21,22,23);7H,2-6H2,1H3/b8-2+;. The molecule has 0 amide bonds. The molecule has 0 spiro atoms. The number of carboxylic acid groups (broad SMARTS) is 1. The highest BCUT2D eigenvalue weighted by Gasteiger charge is 2.29. The lowest BCUT2D eigenvalue weighted by Crippen LogP contribution is -1.99. The number of aromatic amines is 1. The quantitative estimate of drug-likeness (QED) is 0.260. The lowest BCUT2D eigenvalue weighted by Gasteiger charge is -2.15. The molecular weight excluding hydrogens is 451 g/mol. The lowest BCUT2D eigenvalue weighted by molar-refractivity contribution is -0.131. The highest BCUT2D eigenvalue weighted by molar-refractivity contribution is 8.00. The number of aliphatic carboxylic acids is 1. The molecule has 1 aromatic heterocycles. The van der Waals surface area contributed by atoms with Crippen molar-refractivity contribution in [3.8, 4) is 0 Å². The first-order valence-corrected chi connectivity index (χ1v) is 11.5. The zero-order valence-corrected chi connectivity index (χ0v) is 19.0. The van der Waals surface area contributed by atoms with E-state index < -0.39 is 11.5 Å². The summed E-state index contributed by atoms with van der Waals surface area (Å²) >= 11 is -0.172. The van der Waals surface area contributed by atoms with Crippen LogP contribution in [0.25, 0.3) is 17.1 Å². The Kier molecular flexibility index (Phi) is 8.43. The summed E-state index contributed by atoms with van der Waals surface area (Å²) in [4.78, 5) is 18.0. The fraction of sp³-hybridized carbons (Fsp3) is 0.333. The molecule has 0 bridgehead atoms. The van der Waals surface area contributed by atoms with E-state index in [1.807, 2.05) is 0 Å². The first kappa shape index (κ1) is 24.7. The van der Waals surface area contributed by atoms with Gasteiger partial charge in [-0.3, -0.25) is 0 Å². The van der Waals surface area contributed by atoms with Crippen LogP contribution in [0.3, 0.4) is 0 Å². The number of hydrogen-bond donors (Lipinski definition) is 3. The number of fused-ring (bicyclic) bond motifs is 1. The molecule has 33 heavy (non-hydrogen) atoms. The second-order valence-corrected chi connectivity index (χ2v) is 9.11. The van der Waals surface area contributed by atoms with E-state index in [2.05, 4.69) is 22.2 Å². The Bertz CT molecular complexity index is 1090. The molecule has 3 aromatic rings.